The lowest BCUT2D eigenvalue weighted by molar-refractivity contribution is -0.139. The summed E-state index contributed by atoms with van der Waals surface area (Å²) < 4.78 is 0. The van der Waals surface area contributed by atoms with Gasteiger partial charge in [0.25, 0.3) is 0 Å². The third-order valence-electron chi connectivity index (χ3n) is 4.18. The van der Waals surface area contributed by atoms with Crippen LogP contribution in [0, 0.1) is 5.92 Å². The van der Waals surface area contributed by atoms with E-state index in [0.29, 0.717) is 6.42 Å². The molecule has 19 heavy (non-hydrogen) atoms. The minimum Gasteiger partial charge on any atom is -0.481 e. The van der Waals surface area contributed by atoms with Gasteiger partial charge in [0, 0.05) is 25.0 Å². The van der Waals surface area contributed by atoms with E-state index in [9.17, 15) is 4.79 Å². The van der Waals surface area contributed by atoms with Gasteiger partial charge in [0.05, 0.1) is 0 Å². The Bertz CT molecular complexity index is 428. The standard InChI is InChI=1S/C16H23NO2/c1-16(2)9-8-14(10-15(18)19)12-17(16)11-13-6-4-3-5-7-13/h3-7,14H,8-12H2,1-2H3,(H,18,19). The maximum Gasteiger partial charge on any atom is 0.303 e. The van der Waals surface area contributed by atoms with Crippen molar-refractivity contribution in [2.75, 3.05) is 6.54 Å². The van der Waals surface area contributed by atoms with E-state index in [1.165, 1.54) is 5.56 Å². The first-order valence-electron chi connectivity index (χ1n) is 6.98. The Morgan fingerprint density at radius 1 is 1.37 bits per heavy atom. The number of likely N-dealkylation sites (tertiary alicyclic amines) is 1. The molecule has 1 unspecified atom stereocenters. The van der Waals surface area contributed by atoms with Gasteiger partial charge < -0.3 is 5.11 Å². The molecule has 2 rings (SSSR count). The number of hydrogen-bond acceptors (Lipinski definition) is 2. The van der Waals surface area contributed by atoms with Gasteiger partial charge in [-0.1, -0.05) is 30.3 Å². The van der Waals surface area contributed by atoms with Gasteiger partial charge in [-0.25, -0.2) is 0 Å². The molecule has 0 amide bonds. The molecule has 0 bridgehead atoms. The second-order valence-electron chi connectivity index (χ2n) is 6.18. The topological polar surface area (TPSA) is 40.5 Å². The zero-order valence-corrected chi connectivity index (χ0v) is 11.8. The normalized spacial score (nSPS) is 23.2. The summed E-state index contributed by atoms with van der Waals surface area (Å²) in [6, 6.07) is 10.4. The molecule has 1 aliphatic heterocycles. The molecule has 0 aliphatic carbocycles. The Balaban J connectivity index is 2.04. The van der Waals surface area contributed by atoms with E-state index in [1.807, 2.05) is 6.07 Å². The van der Waals surface area contributed by atoms with Crippen LogP contribution in [0.4, 0.5) is 0 Å². The van der Waals surface area contributed by atoms with Crippen molar-refractivity contribution >= 4 is 5.97 Å². The quantitative estimate of drug-likeness (QED) is 0.905. The number of aliphatic carboxylic acids is 1. The van der Waals surface area contributed by atoms with Gasteiger partial charge in [-0.15, -0.1) is 0 Å². The van der Waals surface area contributed by atoms with E-state index in [0.717, 1.165) is 25.9 Å². The first-order valence-corrected chi connectivity index (χ1v) is 6.98. The summed E-state index contributed by atoms with van der Waals surface area (Å²) in [6.45, 7) is 6.30. The van der Waals surface area contributed by atoms with Crippen LogP contribution in [-0.4, -0.2) is 28.1 Å². The highest BCUT2D eigenvalue weighted by Gasteiger charge is 2.34. The van der Waals surface area contributed by atoms with Crippen LogP contribution in [0.15, 0.2) is 30.3 Å². The lowest BCUT2D eigenvalue weighted by atomic mass is 9.83. The predicted octanol–water partition coefficient (Wildman–Crippen LogP) is 3.15. The van der Waals surface area contributed by atoms with Crippen molar-refractivity contribution in [1.29, 1.82) is 0 Å². The third-order valence-corrected chi connectivity index (χ3v) is 4.18. The fourth-order valence-corrected chi connectivity index (χ4v) is 2.86. The largest absolute Gasteiger partial charge is 0.481 e. The molecule has 1 aromatic rings. The van der Waals surface area contributed by atoms with Crippen molar-refractivity contribution in [3.63, 3.8) is 0 Å². The molecular formula is C16H23NO2. The predicted molar refractivity (Wildman–Crippen MR) is 75.9 cm³/mol. The van der Waals surface area contributed by atoms with E-state index in [1.54, 1.807) is 0 Å². The smallest absolute Gasteiger partial charge is 0.303 e. The lowest BCUT2D eigenvalue weighted by Gasteiger charge is -2.45. The molecule has 1 aliphatic rings. The number of rotatable bonds is 4. The highest BCUT2D eigenvalue weighted by molar-refractivity contribution is 5.67. The summed E-state index contributed by atoms with van der Waals surface area (Å²) in [6.07, 6.45) is 2.38. The molecule has 0 aromatic heterocycles. The summed E-state index contributed by atoms with van der Waals surface area (Å²) in [7, 11) is 0. The molecule has 0 spiro atoms. The summed E-state index contributed by atoms with van der Waals surface area (Å²) in [5.41, 5.74) is 1.46. The molecule has 104 valence electrons. The van der Waals surface area contributed by atoms with Crippen LogP contribution >= 0.6 is 0 Å². The lowest BCUT2D eigenvalue weighted by Crippen LogP contribution is -2.50. The Morgan fingerprint density at radius 2 is 2.05 bits per heavy atom. The molecule has 3 nitrogen and oxygen atoms in total. The SMILES string of the molecule is CC1(C)CCC(CC(=O)O)CN1Cc1ccccc1. The molecule has 3 heteroatoms. The summed E-state index contributed by atoms with van der Waals surface area (Å²) in [4.78, 5) is 13.3. The Labute approximate surface area is 115 Å². The molecule has 0 radical (unpaired) electrons. The number of hydrogen-bond donors (Lipinski definition) is 1. The van der Waals surface area contributed by atoms with Crippen LogP contribution in [0.25, 0.3) is 0 Å². The van der Waals surface area contributed by atoms with Crippen LogP contribution in [-0.2, 0) is 11.3 Å². The highest BCUT2D eigenvalue weighted by Crippen LogP contribution is 2.33. The molecule has 1 heterocycles. The molecule has 1 atom stereocenters. The number of carbonyl (C=O) groups is 1. The van der Waals surface area contributed by atoms with Crippen molar-refractivity contribution in [2.24, 2.45) is 5.92 Å². The minimum absolute atomic E-state index is 0.158. The fourth-order valence-electron chi connectivity index (χ4n) is 2.86. The van der Waals surface area contributed by atoms with Crippen LogP contribution < -0.4 is 0 Å². The van der Waals surface area contributed by atoms with E-state index in [4.69, 9.17) is 5.11 Å². The molecule has 0 saturated carbocycles. The third kappa shape index (κ3) is 3.80. The average molecular weight is 261 g/mol. The number of piperidine rings is 1. The summed E-state index contributed by atoms with van der Waals surface area (Å²) in [5.74, 6) is -0.390. The van der Waals surface area contributed by atoms with Gasteiger partial charge in [0.2, 0.25) is 0 Å². The van der Waals surface area contributed by atoms with Gasteiger partial charge in [0.15, 0.2) is 0 Å². The summed E-state index contributed by atoms with van der Waals surface area (Å²) in [5, 5.41) is 8.95. The van der Waals surface area contributed by atoms with Crippen LogP contribution in [0.2, 0.25) is 0 Å². The first-order chi connectivity index (χ1) is 8.97. The number of carboxylic acids is 1. The Kier molecular flexibility index (Phi) is 4.25. The zero-order valence-electron chi connectivity index (χ0n) is 11.8. The second-order valence-corrected chi connectivity index (χ2v) is 6.18. The van der Waals surface area contributed by atoms with Gasteiger partial charge >= 0.3 is 5.97 Å². The van der Waals surface area contributed by atoms with Gasteiger partial charge in [-0.3, -0.25) is 9.69 Å². The van der Waals surface area contributed by atoms with Crippen molar-refractivity contribution in [1.82, 2.24) is 4.90 Å². The van der Waals surface area contributed by atoms with E-state index in [2.05, 4.69) is 43.0 Å². The fraction of sp³-hybridized carbons (Fsp3) is 0.562. The van der Waals surface area contributed by atoms with Gasteiger partial charge in [-0.05, 0) is 38.2 Å². The van der Waals surface area contributed by atoms with Crippen LogP contribution in [0.3, 0.4) is 0 Å². The minimum atomic E-state index is -0.677. The van der Waals surface area contributed by atoms with Gasteiger partial charge in [-0.2, -0.15) is 0 Å². The summed E-state index contributed by atoms with van der Waals surface area (Å²) >= 11 is 0. The molecule has 1 N–H and O–H groups in total. The monoisotopic (exact) mass is 261 g/mol. The number of benzene rings is 1. The Hall–Kier alpha value is -1.35. The van der Waals surface area contributed by atoms with Crippen LogP contribution in [0.1, 0.15) is 38.7 Å². The maximum atomic E-state index is 10.9. The van der Waals surface area contributed by atoms with Crippen LogP contribution in [0.5, 0.6) is 0 Å². The zero-order chi connectivity index (χ0) is 13.9. The molecule has 1 fully saturated rings. The first kappa shape index (κ1) is 14.1. The average Bonchev–Trinajstić information content (AvgIpc) is 2.34. The molecule has 1 aromatic carbocycles. The van der Waals surface area contributed by atoms with Crippen molar-refractivity contribution in [3.8, 4) is 0 Å². The second kappa shape index (κ2) is 5.74. The maximum absolute atomic E-state index is 10.9. The van der Waals surface area contributed by atoms with Crippen molar-refractivity contribution in [2.45, 2.75) is 45.2 Å². The molecule has 1 saturated heterocycles. The number of carboxylic acid groups (broad SMARTS) is 1. The van der Waals surface area contributed by atoms with Gasteiger partial charge in [0.1, 0.15) is 0 Å². The molecular weight excluding hydrogens is 238 g/mol. The Morgan fingerprint density at radius 3 is 2.68 bits per heavy atom. The van der Waals surface area contributed by atoms with Crippen molar-refractivity contribution < 1.29 is 9.90 Å². The number of nitrogens with zero attached hydrogens (tertiary/aromatic N) is 1. The van der Waals surface area contributed by atoms with Crippen molar-refractivity contribution in [3.05, 3.63) is 35.9 Å². The van der Waals surface area contributed by atoms with E-state index >= 15 is 0 Å². The highest BCUT2D eigenvalue weighted by atomic mass is 16.4. The van der Waals surface area contributed by atoms with E-state index in [-0.39, 0.29) is 11.5 Å². The van der Waals surface area contributed by atoms with E-state index < -0.39 is 5.97 Å².